The topological polar surface area (TPSA) is 12.0 Å². The van der Waals surface area contributed by atoms with Crippen molar-refractivity contribution in [1.29, 1.82) is 0 Å². The molecule has 1 aromatic heterocycles. The summed E-state index contributed by atoms with van der Waals surface area (Å²) in [6.07, 6.45) is 5.41. The predicted octanol–water partition coefficient (Wildman–Crippen LogP) is 3.75. The van der Waals surface area contributed by atoms with E-state index < -0.39 is 0 Å². The molecule has 0 fully saturated rings. The van der Waals surface area contributed by atoms with Crippen LogP contribution in [0.3, 0.4) is 0 Å². The first-order chi connectivity index (χ1) is 7.26. The number of nitrogens with one attached hydrogen (secondary N) is 1. The van der Waals surface area contributed by atoms with Crippen LogP contribution in [-0.4, -0.2) is 6.04 Å². The maximum atomic E-state index is 3.74. The largest absolute Gasteiger partial charge is 0.309 e. The quantitative estimate of drug-likeness (QED) is 0.694. The van der Waals surface area contributed by atoms with Gasteiger partial charge in [-0.15, -0.1) is 17.9 Å². The Labute approximate surface area is 97.2 Å². The number of thiophene rings is 1. The Kier molecular flexibility index (Phi) is 5.66. The van der Waals surface area contributed by atoms with Crippen molar-refractivity contribution in [3.63, 3.8) is 0 Å². The van der Waals surface area contributed by atoms with Crippen LogP contribution in [-0.2, 0) is 13.0 Å². The molecule has 1 unspecified atom stereocenters. The van der Waals surface area contributed by atoms with Gasteiger partial charge in [0.15, 0.2) is 0 Å². The molecule has 1 heterocycles. The van der Waals surface area contributed by atoms with Gasteiger partial charge < -0.3 is 5.32 Å². The number of hydrogen-bond donors (Lipinski definition) is 1. The van der Waals surface area contributed by atoms with Crippen LogP contribution in [0.5, 0.6) is 0 Å². The van der Waals surface area contributed by atoms with Gasteiger partial charge in [0, 0.05) is 22.3 Å². The Bertz CT molecular complexity index is 290. The van der Waals surface area contributed by atoms with Gasteiger partial charge >= 0.3 is 0 Å². The second-order valence-corrected chi connectivity index (χ2v) is 5.12. The highest BCUT2D eigenvalue weighted by atomic mass is 32.1. The van der Waals surface area contributed by atoms with E-state index >= 15 is 0 Å². The van der Waals surface area contributed by atoms with Crippen molar-refractivity contribution in [2.45, 2.75) is 45.7 Å². The van der Waals surface area contributed by atoms with Crippen LogP contribution in [0.2, 0.25) is 0 Å². The first-order valence-corrected chi connectivity index (χ1v) is 6.49. The molecule has 0 saturated heterocycles. The van der Waals surface area contributed by atoms with Crippen LogP contribution in [0.15, 0.2) is 24.8 Å². The molecule has 84 valence electrons. The van der Waals surface area contributed by atoms with Crippen molar-refractivity contribution in [1.82, 2.24) is 5.32 Å². The Morgan fingerprint density at radius 2 is 2.20 bits per heavy atom. The standard InChI is InChI=1S/C13H21NS/c1-4-6-7-11(3)14-10-13-9-8-12(5-2)15-13/h4,8-9,11,14H,1,5-7,10H2,2-3H3. The summed E-state index contributed by atoms with van der Waals surface area (Å²) in [5.74, 6) is 0. The molecule has 15 heavy (non-hydrogen) atoms. The summed E-state index contributed by atoms with van der Waals surface area (Å²) in [5, 5.41) is 3.53. The fourth-order valence-electron chi connectivity index (χ4n) is 1.45. The van der Waals surface area contributed by atoms with Gasteiger partial charge in [-0.25, -0.2) is 0 Å². The minimum absolute atomic E-state index is 0.579. The third kappa shape index (κ3) is 4.63. The highest BCUT2D eigenvalue weighted by Crippen LogP contribution is 2.16. The van der Waals surface area contributed by atoms with E-state index in [1.165, 1.54) is 16.2 Å². The van der Waals surface area contributed by atoms with Gasteiger partial charge in [0.25, 0.3) is 0 Å². The Morgan fingerprint density at radius 3 is 2.80 bits per heavy atom. The molecule has 1 atom stereocenters. The molecule has 2 heteroatoms. The van der Waals surface area contributed by atoms with Crippen molar-refractivity contribution >= 4 is 11.3 Å². The fraction of sp³-hybridized carbons (Fsp3) is 0.538. The lowest BCUT2D eigenvalue weighted by Gasteiger charge is -2.11. The lowest BCUT2D eigenvalue weighted by Crippen LogP contribution is -2.24. The van der Waals surface area contributed by atoms with Crippen LogP contribution >= 0.6 is 11.3 Å². The lowest BCUT2D eigenvalue weighted by atomic mass is 10.2. The lowest BCUT2D eigenvalue weighted by molar-refractivity contribution is 0.521. The molecule has 0 aliphatic heterocycles. The van der Waals surface area contributed by atoms with Crippen molar-refractivity contribution in [2.75, 3.05) is 0 Å². The molecule has 0 saturated carbocycles. The van der Waals surface area contributed by atoms with E-state index in [-0.39, 0.29) is 0 Å². The number of hydrogen-bond acceptors (Lipinski definition) is 2. The molecule has 0 amide bonds. The molecule has 0 bridgehead atoms. The highest BCUT2D eigenvalue weighted by Gasteiger charge is 2.02. The second-order valence-electron chi connectivity index (χ2n) is 3.87. The van der Waals surface area contributed by atoms with Gasteiger partial charge in [-0.05, 0) is 38.3 Å². The Balaban J connectivity index is 2.26. The predicted molar refractivity (Wildman–Crippen MR) is 69.4 cm³/mol. The zero-order valence-electron chi connectivity index (χ0n) is 9.75. The SMILES string of the molecule is C=CCCC(C)NCc1ccc(CC)s1. The third-order valence-electron chi connectivity index (χ3n) is 2.49. The molecule has 0 aliphatic rings. The monoisotopic (exact) mass is 223 g/mol. The average molecular weight is 223 g/mol. The smallest absolute Gasteiger partial charge is 0.0302 e. The second kappa shape index (κ2) is 6.81. The summed E-state index contributed by atoms with van der Waals surface area (Å²) in [7, 11) is 0. The van der Waals surface area contributed by atoms with Crippen molar-refractivity contribution in [2.24, 2.45) is 0 Å². The molecule has 0 aliphatic carbocycles. The summed E-state index contributed by atoms with van der Waals surface area (Å²) in [6.45, 7) is 9.18. The third-order valence-corrected chi connectivity index (χ3v) is 3.72. The zero-order chi connectivity index (χ0) is 11.1. The van der Waals surface area contributed by atoms with Crippen LogP contribution in [0.25, 0.3) is 0 Å². The number of allylic oxidation sites excluding steroid dienone is 1. The van der Waals surface area contributed by atoms with E-state index in [1.807, 2.05) is 17.4 Å². The van der Waals surface area contributed by atoms with E-state index in [1.54, 1.807) is 0 Å². The minimum Gasteiger partial charge on any atom is -0.309 e. The van der Waals surface area contributed by atoms with Crippen LogP contribution in [0.1, 0.15) is 36.4 Å². The molecule has 0 radical (unpaired) electrons. The molecule has 1 rings (SSSR count). The molecular formula is C13H21NS. The van der Waals surface area contributed by atoms with Gasteiger partial charge in [-0.1, -0.05) is 13.0 Å². The van der Waals surface area contributed by atoms with Gasteiger partial charge in [-0.2, -0.15) is 0 Å². The first-order valence-electron chi connectivity index (χ1n) is 5.68. The van der Waals surface area contributed by atoms with E-state index in [9.17, 15) is 0 Å². The Hall–Kier alpha value is -0.600. The van der Waals surface area contributed by atoms with Crippen molar-refractivity contribution < 1.29 is 0 Å². The Morgan fingerprint density at radius 1 is 1.47 bits per heavy atom. The molecule has 1 aromatic rings. The summed E-state index contributed by atoms with van der Waals surface area (Å²) in [4.78, 5) is 2.92. The summed E-state index contributed by atoms with van der Waals surface area (Å²) in [6, 6.07) is 5.04. The average Bonchev–Trinajstić information content (AvgIpc) is 2.71. The first kappa shape index (κ1) is 12.5. The van der Waals surface area contributed by atoms with Gasteiger partial charge in [-0.3, -0.25) is 0 Å². The van der Waals surface area contributed by atoms with Gasteiger partial charge in [0.2, 0.25) is 0 Å². The molecule has 0 spiro atoms. The molecule has 1 N–H and O–H groups in total. The van der Waals surface area contributed by atoms with Crippen LogP contribution in [0, 0.1) is 0 Å². The van der Waals surface area contributed by atoms with Crippen molar-refractivity contribution in [3.05, 3.63) is 34.5 Å². The summed E-state index contributed by atoms with van der Waals surface area (Å²) >= 11 is 1.92. The number of rotatable bonds is 7. The minimum atomic E-state index is 0.579. The molecular weight excluding hydrogens is 202 g/mol. The van der Waals surface area contributed by atoms with Crippen LogP contribution in [0.4, 0.5) is 0 Å². The molecule has 0 aromatic carbocycles. The van der Waals surface area contributed by atoms with Crippen molar-refractivity contribution in [3.8, 4) is 0 Å². The van der Waals surface area contributed by atoms with E-state index in [0.29, 0.717) is 6.04 Å². The van der Waals surface area contributed by atoms with E-state index in [2.05, 4.69) is 37.9 Å². The zero-order valence-corrected chi connectivity index (χ0v) is 10.6. The maximum Gasteiger partial charge on any atom is 0.0302 e. The normalized spacial score (nSPS) is 12.7. The summed E-state index contributed by atoms with van der Waals surface area (Å²) < 4.78 is 0. The maximum absolute atomic E-state index is 3.74. The fourth-order valence-corrected chi connectivity index (χ4v) is 2.36. The van der Waals surface area contributed by atoms with Crippen LogP contribution < -0.4 is 5.32 Å². The number of aryl methyl sites for hydroxylation is 1. The summed E-state index contributed by atoms with van der Waals surface area (Å²) in [5.41, 5.74) is 0. The van der Waals surface area contributed by atoms with E-state index in [4.69, 9.17) is 0 Å². The van der Waals surface area contributed by atoms with Gasteiger partial charge in [0.1, 0.15) is 0 Å². The molecule has 1 nitrogen and oxygen atoms in total. The van der Waals surface area contributed by atoms with Gasteiger partial charge in [0.05, 0.1) is 0 Å². The highest BCUT2D eigenvalue weighted by molar-refractivity contribution is 7.11. The van der Waals surface area contributed by atoms with E-state index in [0.717, 1.165) is 19.4 Å².